The van der Waals surface area contributed by atoms with Gasteiger partial charge in [-0.2, -0.15) is 8.42 Å². The van der Waals surface area contributed by atoms with Crippen molar-refractivity contribution in [2.75, 3.05) is 13.2 Å². The molecule has 0 aliphatic rings. The zero-order valence-corrected chi connectivity index (χ0v) is 10.3. The van der Waals surface area contributed by atoms with Crippen molar-refractivity contribution in [1.82, 2.24) is 0 Å². The van der Waals surface area contributed by atoms with Gasteiger partial charge in [0, 0.05) is 26.1 Å². The third kappa shape index (κ3) is 4.71. The van der Waals surface area contributed by atoms with Crippen molar-refractivity contribution in [3.05, 3.63) is 0 Å². The van der Waals surface area contributed by atoms with Gasteiger partial charge in [0.05, 0.1) is 0 Å². The summed E-state index contributed by atoms with van der Waals surface area (Å²) in [4.78, 5) is -1.93. The normalized spacial score (nSPS) is 12.3. The second kappa shape index (κ2) is 6.31. The minimum Gasteiger partial charge on any atom is -1.00 e. The Bertz CT molecular complexity index is 228. The molecule has 0 amide bonds. The summed E-state index contributed by atoms with van der Waals surface area (Å²) < 4.78 is 29.9. The van der Waals surface area contributed by atoms with Crippen LogP contribution in [0, 0.1) is 0 Å². The minimum absolute atomic E-state index is 0. The van der Waals surface area contributed by atoms with Crippen LogP contribution in [-0.2, 0) is 10.1 Å². The summed E-state index contributed by atoms with van der Waals surface area (Å²) in [5.41, 5.74) is 5.24. The maximum absolute atomic E-state index is 10.6. The van der Waals surface area contributed by atoms with Crippen LogP contribution in [-0.4, -0.2) is 41.3 Å². The van der Waals surface area contributed by atoms with Gasteiger partial charge in [-0.3, -0.25) is 4.55 Å². The molecule has 0 atom stereocenters. The number of aliphatic hydroxyl groups is 2. The molecule has 0 aromatic rings. The first-order valence-electron chi connectivity index (χ1n) is 3.35. The van der Waals surface area contributed by atoms with Crippen molar-refractivity contribution < 1.29 is 54.2 Å². The predicted octanol–water partition coefficient (Wildman–Crippen LogP) is -4.59. The average Bonchev–Trinajstić information content (AvgIpc) is 1.86. The van der Waals surface area contributed by atoms with Crippen LogP contribution in [0.5, 0.6) is 0 Å². The van der Waals surface area contributed by atoms with E-state index in [1.54, 1.807) is 0 Å². The Labute approximate surface area is 101 Å². The van der Waals surface area contributed by atoms with E-state index in [-0.39, 0.29) is 43.8 Å². The molecule has 0 aliphatic carbocycles. The SMILES string of the molecule is NC(CCO)(CCO)S(=O)(=O)O.[H-].[Na+]. The van der Waals surface area contributed by atoms with E-state index in [1.807, 2.05) is 0 Å². The third-order valence-electron chi connectivity index (χ3n) is 1.58. The maximum atomic E-state index is 10.6. The van der Waals surface area contributed by atoms with E-state index in [1.165, 1.54) is 0 Å². The molecule has 8 heteroatoms. The van der Waals surface area contributed by atoms with Gasteiger partial charge >= 0.3 is 29.6 Å². The van der Waals surface area contributed by atoms with Gasteiger partial charge in [0.25, 0.3) is 10.1 Å². The number of hydrogen-bond donors (Lipinski definition) is 4. The minimum atomic E-state index is -4.43. The number of hydrogen-bond acceptors (Lipinski definition) is 5. The van der Waals surface area contributed by atoms with Gasteiger partial charge in [-0.25, -0.2) is 0 Å². The Hall–Kier alpha value is 0.790. The molecule has 0 aliphatic heterocycles. The molecule has 0 radical (unpaired) electrons. The molecular formula is C5H14NNaO5S. The van der Waals surface area contributed by atoms with Crippen molar-refractivity contribution >= 4 is 10.1 Å². The van der Waals surface area contributed by atoms with Crippen LogP contribution in [0.3, 0.4) is 0 Å². The summed E-state index contributed by atoms with van der Waals surface area (Å²) in [6.45, 7) is -0.924. The monoisotopic (exact) mass is 223 g/mol. The van der Waals surface area contributed by atoms with Crippen molar-refractivity contribution in [3.8, 4) is 0 Å². The molecule has 76 valence electrons. The quantitative estimate of drug-likeness (QED) is 0.275. The van der Waals surface area contributed by atoms with E-state index in [9.17, 15) is 8.42 Å². The molecule has 0 heterocycles. The molecule has 0 fully saturated rings. The Kier molecular flexibility index (Phi) is 7.87. The first kappa shape index (κ1) is 16.2. The fraction of sp³-hybridized carbons (Fsp3) is 1.00. The Balaban J connectivity index is -0.000000605. The smallest absolute Gasteiger partial charge is 1.00 e. The number of aliphatic hydroxyl groups excluding tert-OH is 2. The van der Waals surface area contributed by atoms with Crippen molar-refractivity contribution in [2.45, 2.75) is 17.7 Å². The van der Waals surface area contributed by atoms with Crippen LogP contribution in [0.1, 0.15) is 14.3 Å². The van der Waals surface area contributed by atoms with E-state index < -0.39 is 28.2 Å². The van der Waals surface area contributed by atoms with E-state index in [0.717, 1.165) is 0 Å². The topological polar surface area (TPSA) is 121 Å². The second-order valence-electron chi connectivity index (χ2n) is 2.49. The third-order valence-corrected chi connectivity index (χ3v) is 3.02. The zero-order chi connectivity index (χ0) is 9.83. The van der Waals surface area contributed by atoms with Crippen LogP contribution in [0.2, 0.25) is 0 Å². The summed E-state index contributed by atoms with van der Waals surface area (Å²) in [5.74, 6) is 0. The van der Waals surface area contributed by atoms with E-state index in [4.69, 9.17) is 20.5 Å². The summed E-state index contributed by atoms with van der Waals surface area (Å²) in [6, 6.07) is 0. The molecule has 5 N–H and O–H groups in total. The molecule has 0 aromatic carbocycles. The van der Waals surface area contributed by atoms with Crippen molar-refractivity contribution in [1.29, 1.82) is 0 Å². The summed E-state index contributed by atoms with van der Waals surface area (Å²) >= 11 is 0. The molecular weight excluding hydrogens is 209 g/mol. The Morgan fingerprint density at radius 1 is 1.23 bits per heavy atom. The van der Waals surface area contributed by atoms with Gasteiger partial charge < -0.3 is 17.4 Å². The molecule has 0 rings (SSSR count). The molecule has 6 nitrogen and oxygen atoms in total. The zero-order valence-electron chi connectivity index (χ0n) is 8.47. The van der Waals surface area contributed by atoms with Crippen LogP contribution in [0.15, 0.2) is 0 Å². The molecule has 0 spiro atoms. The van der Waals surface area contributed by atoms with Gasteiger partial charge in [0.15, 0.2) is 0 Å². The fourth-order valence-corrected chi connectivity index (χ4v) is 1.46. The molecule has 0 aromatic heterocycles. The van der Waals surface area contributed by atoms with Gasteiger partial charge in [-0.05, 0) is 0 Å². The van der Waals surface area contributed by atoms with E-state index in [2.05, 4.69) is 0 Å². The Morgan fingerprint density at radius 2 is 1.54 bits per heavy atom. The number of nitrogens with two attached hydrogens (primary N) is 1. The van der Waals surface area contributed by atoms with Gasteiger partial charge in [0.2, 0.25) is 0 Å². The summed E-state index contributed by atoms with van der Waals surface area (Å²) in [5, 5.41) is 16.9. The predicted molar refractivity (Wildman–Crippen MR) is 43.0 cm³/mol. The molecule has 0 bridgehead atoms. The Morgan fingerprint density at radius 3 is 1.69 bits per heavy atom. The van der Waals surface area contributed by atoms with Crippen molar-refractivity contribution in [3.63, 3.8) is 0 Å². The molecule has 0 unspecified atom stereocenters. The van der Waals surface area contributed by atoms with Gasteiger partial charge in [0.1, 0.15) is 4.87 Å². The van der Waals surface area contributed by atoms with Crippen molar-refractivity contribution in [2.24, 2.45) is 5.73 Å². The molecule has 13 heavy (non-hydrogen) atoms. The molecule has 0 saturated heterocycles. The van der Waals surface area contributed by atoms with E-state index in [0.29, 0.717) is 0 Å². The maximum Gasteiger partial charge on any atom is 1.00 e. The van der Waals surface area contributed by atoms with Gasteiger partial charge in [-0.1, -0.05) is 0 Å². The number of rotatable bonds is 5. The standard InChI is InChI=1S/C5H13NO5S.Na.H/c6-5(1-3-7,2-4-8)12(9,10)11;;/h7-8H,1-4,6H2,(H,9,10,11);;/q;+1;-1. The average molecular weight is 223 g/mol. The first-order valence-corrected chi connectivity index (χ1v) is 4.79. The largest absolute Gasteiger partial charge is 1.00 e. The molecule has 0 saturated carbocycles. The van der Waals surface area contributed by atoms with Crippen LogP contribution >= 0.6 is 0 Å². The second-order valence-corrected chi connectivity index (χ2v) is 4.25. The van der Waals surface area contributed by atoms with Gasteiger partial charge in [-0.15, -0.1) is 0 Å². The first-order chi connectivity index (χ1) is 5.37. The fourth-order valence-electron chi connectivity index (χ4n) is 0.761. The summed E-state index contributed by atoms with van der Waals surface area (Å²) in [6.07, 6.45) is -0.598. The summed E-state index contributed by atoms with van der Waals surface area (Å²) in [7, 11) is -4.43. The van der Waals surface area contributed by atoms with E-state index >= 15 is 0 Å². The van der Waals surface area contributed by atoms with Crippen LogP contribution < -0.4 is 35.3 Å². The van der Waals surface area contributed by atoms with Crippen LogP contribution in [0.25, 0.3) is 0 Å². The van der Waals surface area contributed by atoms with Crippen LogP contribution in [0.4, 0.5) is 0 Å².